The summed E-state index contributed by atoms with van der Waals surface area (Å²) >= 11 is 1.43. The van der Waals surface area contributed by atoms with Crippen LogP contribution in [0, 0.1) is 11.3 Å². The second-order valence-electron chi connectivity index (χ2n) is 4.27. The lowest BCUT2D eigenvalue weighted by Gasteiger charge is -2.13. The Kier molecular flexibility index (Phi) is 5.85. The molecule has 2 unspecified atom stereocenters. The van der Waals surface area contributed by atoms with Gasteiger partial charge in [0.15, 0.2) is 9.84 Å². The van der Waals surface area contributed by atoms with E-state index in [1.54, 1.807) is 6.92 Å². The highest BCUT2D eigenvalue weighted by Gasteiger charge is 2.16. The number of rotatable bonds is 6. The molecule has 1 aromatic carbocycles. The van der Waals surface area contributed by atoms with Gasteiger partial charge in [-0.1, -0.05) is 6.92 Å². The highest BCUT2D eigenvalue weighted by atomic mass is 32.2. The molecule has 6 heteroatoms. The van der Waals surface area contributed by atoms with Gasteiger partial charge < -0.3 is 5.11 Å². The topological polar surface area (TPSA) is 78.2 Å². The van der Waals surface area contributed by atoms with Gasteiger partial charge in [-0.25, -0.2) is 8.42 Å². The van der Waals surface area contributed by atoms with E-state index in [0.717, 1.165) is 0 Å². The largest absolute Gasteiger partial charge is 0.392 e. The second kappa shape index (κ2) is 6.94. The molecule has 0 aliphatic rings. The van der Waals surface area contributed by atoms with Crippen molar-refractivity contribution in [2.75, 3.05) is 11.5 Å². The maximum Gasteiger partial charge on any atom is 0.179 e. The molecule has 0 saturated carbocycles. The van der Waals surface area contributed by atoms with Gasteiger partial charge in [0.1, 0.15) is 0 Å². The molecule has 1 N–H and O–H groups in total. The molecule has 1 rings (SSSR count). The standard InChI is InChI=1S/C13H17NO3S2/c1-10(15)11(2)18-7-8-19(16,17)13-5-3-12(9-14)4-6-13/h3-6,10-11,15H,7-8H2,1-2H3. The fraction of sp³-hybridized carbons (Fsp3) is 0.462. The Hall–Kier alpha value is -1.03. The molecule has 0 aromatic heterocycles. The van der Waals surface area contributed by atoms with Gasteiger partial charge in [-0.15, -0.1) is 0 Å². The van der Waals surface area contributed by atoms with Crippen LogP contribution in [0.5, 0.6) is 0 Å². The van der Waals surface area contributed by atoms with Gasteiger partial charge in [0.25, 0.3) is 0 Å². The Morgan fingerprint density at radius 3 is 2.37 bits per heavy atom. The van der Waals surface area contributed by atoms with Crippen LogP contribution in [0.3, 0.4) is 0 Å². The highest BCUT2D eigenvalue weighted by Crippen LogP contribution is 2.18. The molecule has 4 nitrogen and oxygen atoms in total. The quantitative estimate of drug-likeness (QED) is 0.867. The van der Waals surface area contributed by atoms with Crippen molar-refractivity contribution in [1.82, 2.24) is 0 Å². The molecule has 0 fully saturated rings. The van der Waals surface area contributed by atoms with E-state index >= 15 is 0 Å². The van der Waals surface area contributed by atoms with Crippen molar-refractivity contribution in [3.8, 4) is 6.07 Å². The molecule has 0 spiro atoms. The molecule has 0 heterocycles. The van der Waals surface area contributed by atoms with Crippen molar-refractivity contribution in [2.24, 2.45) is 0 Å². The van der Waals surface area contributed by atoms with E-state index in [-0.39, 0.29) is 15.9 Å². The van der Waals surface area contributed by atoms with Gasteiger partial charge in [0, 0.05) is 11.0 Å². The third-order valence-corrected chi connectivity index (χ3v) is 6.10. The van der Waals surface area contributed by atoms with Crippen LogP contribution in [-0.2, 0) is 9.84 Å². The molecular formula is C13H17NO3S2. The molecule has 0 bridgehead atoms. The van der Waals surface area contributed by atoms with Crippen molar-refractivity contribution in [3.63, 3.8) is 0 Å². The molecule has 19 heavy (non-hydrogen) atoms. The normalized spacial score (nSPS) is 14.6. The molecule has 0 amide bonds. The number of nitriles is 1. The van der Waals surface area contributed by atoms with Crippen molar-refractivity contribution < 1.29 is 13.5 Å². The summed E-state index contributed by atoms with van der Waals surface area (Å²) in [4.78, 5) is 0.233. The number of hydrogen-bond acceptors (Lipinski definition) is 5. The van der Waals surface area contributed by atoms with Crippen molar-refractivity contribution >= 4 is 21.6 Å². The van der Waals surface area contributed by atoms with Gasteiger partial charge in [-0.2, -0.15) is 17.0 Å². The van der Waals surface area contributed by atoms with Crippen molar-refractivity contribution in [2.45, 2.75) is 30.1 Å². The first-order valence-electron chi connectivity index (χ1n) is 5.89. The summed E-state index contributed by atoms with van der Waals surface area (Å²) in [5.41, 5.74) is 0.441. The Morgan fingerprint density at radius 1 is 1.32 bits per heavy atom. The van der Waals surface area contributed by atoms with Crippen LogP contribution in [0.1, 0.15) is 19.4 Å². The maximum absolute atomic E-state index is 12.0. The summed E-state index contributed by atoms with van der Waals surface area (Å²) in [6.45, 7) is 3.55. The van der Waals surface area contributed by atoms with Crippen LogP contribution in [0.15, 0.2) is 29.2 Å². The molecule has 1 aromatic rings. The summed E-state index contributed by atoms with van der Waals surface area (Å²) in [5, 5.41) is 18.0. The monoisotopic (exact) mass is 299 g/mol. The van der Waals surface area contributed by atoms with E-state index in [2.05, 4.69) is 0 Å². The number of aliphatic hydroxyl groups is 1. The summed E-state index contributed by atoms with van der Waals surface area (Å²) < 4.78 is 24.0. The van der Waals surface area contributed by atoms with Crippen LogP contribution >= 0.6 is 11.8 Å². The van der Waals surface area contributed by atoms with Crippen LogP contribution in [0.4, 0.5) is 0 Å². The zero-order chi connectivity index (χ0) is 14.5. The van der Waals surface area contributed by atoms with E-state index in [0.29, 0.717) is 11.3 Å². The lowest BCUT2D eigenvalue weighted by Crippen LogP contribution is -2.18. The number of sulfone groups is 1. The van der Waals surface area contributed by atoms with Crippen LogP contribution in [-0.4, -0.2) is 36.4 Å². The minimum Gasteiger partial charge on any atom is -0.392 e. The smallest absolute Gasteiger partial charge is 0.179 e. The summed E-state index contributed by atoms with van der Waals surface area (Å²) in [5.74, 6) is 0.467. The number of benzene rings is 1. The SMILES string of the molecule is CC(O)C(C)SCCS(=O)(=O)c1ccc(C#N)cc1. The van der Waals surface area contributed by atoms with E-state index < -0.39 is 15.9 Å². The van der Waals surface area contributed by atoms with Gasteiger partial charge in [-0.05, 0) is 31.2 Å². The average Bonchev–Trinajstić information content (AvgIpc) is 2.38. The number of thioether (sulfide) groups is 1. The van der Waals surface area contributed by atoms with Crippen LogP contribution in [0.25, 0.3) is 0 Å². The first-order chi connectivity index (χ1) is 8.86. The number of nitrogens with zero attached hydrogens (tertiary/aromatic N) is 1. The molecule has 0 radical (unpaired) electrons. The third-order valence-electron chi connectivity index (χ3n) is 2.75. The first-order valence-corrected chi connectivity index (χ1v) is 8.59. The lowest BCUT2D eigenvalue weighted by molar-refractivity contribution is 0.196. The van der Waals surface area contributed by atoms with Gasteiger partial charge in [0.05, 0.1) is 28.4 Å². The minimum atomic E-state index is -3.32. The average molecular weight is 299 g/mol. The molecular weight excluding hydrogens is 282 g/mol. The predicted molar refractivity (Wildman–Crippen MR) is 76.8 cm³/mol. The van der Waals surface area contributed by atoms with Gasteiger partial charge in [-0.3, -0.25) is 0 Å². The minimum absolute atomic E-state index is 0.0103. The fourth-order valence-corrected chi connectivity index (χ4v) is 4.04. The zero-order valence-corrected chi connectivity index (χ0v) is 12.5. The Morgan fingerprint density at radius 2 is 1.89 bits per heavy atom. The summed E-state index contributed by atoms with van der Waals surface area (Å²) in [6.07, 6.45) is -0.456. The van der Waals surface area contributed by atoms with E-state index in [1.807, 2.05) is 13.0 Å². The fourth-order valence-electron chi connectivity index (χ4n) is 1.34. The maximum atomic E-state index is 12.0. The second-order valence-corrected chi connectivity index (χ2v) is 7.87. The van der Waals surface area contributed by atoms with Crippen molar-refractivity contribution in [3.05, 3.63) is 29.8 Å². The molecule has 0 aliphatic carbocycles. The zero-order valence-electron chi connectivity index (χ0n) is 10.9. The van der Waals surface area contributed by atoms with Crippen LogP contribution < -0.4 is 0 Å². The lowest BCUT2D eigenvalue weighted by atomic mass is 10.2. The van der Waals surface area contributed by atoms with Crippen LogP contribution in [0.2, 0.25) is 0 Å². The Labute approximate surface area is 118 Å². The van der Waals surface area contributed by atoms with E-state index in [9.17, 15) is 13.5 Å². The molecule has 2 atom stereocenters. The van der Waals surface area contributed by atoms with Crippen molar-refractivity contribution in [1.29, 1.82) is 5.26 Å². The summed E-state index contributed by atoms with van der Waals surface area (Å²) in [7, 11) is -3.32. The number of aliphatic hydroxyl groups excluding tert-OH is 1. The third kappa shape index (κ3) is 4.86. The Bertz CT molecular complexity index is 544. The first kappa shape index (κ1) is 16.0. The summed E-state index contributed by atoms with van der Waals surface area (Å²) in [6, 6.07) is 7.86. The molecule has 0 saturated heterocycles. The molecule has 0 aliphatic heterocycles. The van der Waals surface area contributed by atoms with Gasteiger partial charge in [0.2, 0.25) is 0 Å². The van der Waals surface area contributed by atoms with E-state index in [1.165, 1.54) is 36.0 Å². The highest BCUT2D eigenvalue weighted by molar-refractivity contribution is 8.01. The number of hydrogen-bond donors (Lipinski definition) is 1. The van der Waals surface area contributed by atoms with Gasteiger partial charge >= 0.3 is 0 Å². The van der Waals surface area contributed by atoms with E-state index in [4.69, 9.17) is 5.26 Å². The molecule has 104 valence electrons. The predicted octanol–water partition coefficient (Wildman–Crippen LogP) is 1.83. The Balaban J connectivity index is 2.63.